The molecular weight excluding hydrogens is 240 g/mol. The van der Waals surface area contributed by atoms with Gasteiger partial charge in [0.1, 0.15) is 0 Å². The Morgan fingerprint density at radius 3 is 2.74 bits per heavy atom. The van der Waals surface area contributed by atoms with E-state index in [0.29, 0.717) is 12.5 Å². The van der Waals surface area contributed by atoms with Gasteiger partial charge in [-0.25, -0.2) is 0 Å². The highest BCUT2D eigenvalue weighted by Gasteiger charge is 2.28. The molecule has 3 unspecified atom stereocenters. The third kappa shape index (κ3) is 3.57. The Labute approximate surface area is 115 Å². The van der Waals surface area contributed by atoms with Crippen LogP contribution in [-0.2, 0) is 11.2 Å². The lowest BCUT2D eigenvalue weighted by Crippen LogP contribution is -2.28. The van der Waals surface area contributed by atoms with E-state index in [2.05, 4.69) is 25.9 Å². The van der Waals surface area contributed by atoms with Crippen molar-refractivity contribution in [1.29, 1.82) is 0 Å². The normalized spacial score (nSPS) is 25.1. The lowest BCUT2D eigenvalue weighted by molar-refractivity contribution is -0.0282. The van der Waals surface area contributed by atoms with Gasteiger partial charge in [-0.05, 0) is 38.7 Å². The summed E-state index contributed by atoms with van der Waals surface area (Å²) >= 11 is 0. The van der Waals surface area contributed by atoms with Crippen molar-refractivity contribution in [3.63, 3.8) is 0 Å². The first-order valence-corrected chi connectivity index (χ1v) is 7.51. The average molecular weight is 266 g/mol. The maximum absolute atomic E-state index is 10.2. The van der Waals surface area contributed by atoms with Crippen LogP contribution in [0.5, 0.6) is 0 Å². The van der Waals surface area contributed by atoms with Gasteiger partial charge in [0.25, 0.3) is 0 Å². The lowest BCUT2D eigenvalue weighted by Gasteiger charge is -2.17. The molecule has 4 heteroatoms. The van der Waals surface area contributed by atoms with Crippen molar-refractivity contribution in [1.82, 2.24) is 9.78 Å². The van der Waals surface area contributed by atoms with E-state index in [1.54, 1.807) is 0 Å². The number of aromatic nitrogens is 2. The van der Waals surface area contributed by atoms with Gasteiger partial charge >= 0.3 is 0 Å². The van der Waals surface area contributed by atoms with E-state index in [1.807, 2.05) is 16.9 Å². The Hall–Kier alpha value is -0.870. The average Bonchev–Trinajstić information content (AvgIpc) is 3.00. The zero-order valence-electron chi connectivity index (χ0n) is 12.2. The molecule has 1 aliphatic rings. The molecule has 1 saturated heterocycles. The maximum Gasteiger partial charge on any atom is 0.0857 e. The number of hydrogen-bond donors (Lipinski definition) is 1. The molecular formula is C15H26N2O2. The van der Waals surface area contributed by atoms with Gasteiger partial charge in [0.2, 0.25) is 0 Å². The van der Waals surface area contributed by atoms with Gasteiger partial charge in [0.05, 0.1) is 30.0 Å². The molecule has 0 bridgehead atoms. The molecule has 0 aliphatic carbocycles. The third-order valence-corrected chi connectivity index (χ3v) is 4.09. The Morgan fingerprint density at radius 2 is 2.16 bits per heavy atom. The van der Waals surface area contributed by atoms with Crippen molar-refractivity contribution >= 4 is 0 Å². The third-order valence-electron chi connectivity index (χ3n) is 4.09. The number of ether oxygens (including phenoxy) is 1. The minimum absolute atomic E-state index is 0.0201. The number of aliphatic hydroxyl groups is 1. The molecule has 1 aromatic heterocycles. The smallest absolute Gasteiger partial charge is 0.0857 e. The molecule has 108 valence electrons. The van der Waals surface area contributed by atoms with E-state index < -0.39 is 6.10 Å². The van der Waals surface area contributed by atoms with Crippen LogP contribution in [0.15, 0.2) is 12.3 Å². The fourth-order valence-electron chi connectivity index (χ4n) is 2.81. The highest BCUT2D eigenvalue weighted by molar-refractivity contribution is 5.02. The molecule has 19 heavy (non-hydrogen) atoms. The first-order valence-electron chi connectivity index (χ1n) is 7.51. The highest BCUT2D eigenvalue weighted by Crippen LogP contribution is 2.23. The van der Waals surface area contributed by atoms with Crippen LogP contribution in [0.2, 0.25) is 0 Å². The summed E-state index contributed by atoms with van der Waals surface area (Å²) in [6.07, 6.45) is 6.61. The molecule has 0 spiro atoms. The Kier molecular flexibility index (Phi) is 4.99. The largest absolute Gasteiger partial charge is 0.390 e. The molecule has 0 aromatic carbocycles. The van der Waals surface area contributed by atoms with Crippen molar-refractivity contribution < 1.29 is 9.84 Å². The summed E-state index contributed by atoms with van der Waals surface area (Å²) in [7, 11) is 0. The molecule has 2 heterocycles. The molecule has 0 amide bonds. The molecule has 1 aromatic rings. The van der Waals surface area contributed by atoms with Crippen LogP contribution in [0.3, 0.4) is 0 Å². The van der Waals surface area contributed by atoms with E-state index >= 15 is 0 Å². The molecule has 1 fully saturated rings. The maximum atomic E-state index is 10.2. The molecule has 3 atom stereocenters. The lowest BCUT2D eigenvalue weighted by atomic mass is 10.1. The van der Waals surface area contributed by atoms with Gasteiger partial charge in [-0.3, -0.25) is 4.68 Å². The summed E-state index contributed by atoms with van der Waals surface area (Å²) in [5.74, 6) is 0. The zero-order valence-corrected chi connectivity index (χ0v) is 12.2. The predicted molar refractivity (Wildman–Crippen MR) is 75.1 cm³/mol. The second-order valence-corrected chi connectivity index (χ2v) is 5.59. The first kappa shape index (κ1) is 14.5. The Balaban J connectivity index is 1.92. The number of aliphatic hydroxyl groups excluding tert-OH is 1. The quantitative estimate of drug-likeness (QED) is 0.861. The van der Waals surface area contributed by atoms with Crippen molar-refractivity contribution in [2.24, 2.45) is 0 Å². The predicted octanol–water partition coefficient (Wildman–Crippen LogP) is 2.72. The van der Waals surface area contributed by atoms with Gasteiger partial charge in [0.15, 0.2) is 0 Å². The fourth-order valence-corrected chi connectivity index (χ4v) is 2.81. The Bertz CT molecular complexity index is 387. The van der Waals surface area contributed by atoms with Crippen LogP contribution in [0.25, 0.3) is 0 Å². The number of nitrogens with zero attached hydrogens (tertiary/aromatic N) is 2. The standard InChI is InChI=1S/C15H26N2O2/c1-4-13(5-2)17-9-8-12(16-17)10-14(18)15-7-6-11(3)19-15/h8-9,11,13-15,18H,4-7,10H2,1-3H3. The monoisotopic (exact) mass is 266 g/mol. The van der Waals surface area contributed by atoms with E-state index in [1.165, 1.54) is 0 Å². The minimum Gasteiger partial charge on any atom is -0.390 e. The summed E-state index contributed by atoms with van der Waals surface area (Å²) in [6, 6.07) is 2.48. The van der Waals surface area contributed by atoms with Crippen molar-refractivity contribution in [2.45, 2.75) is 77.2 Å². The molecule has 0 saturated carbocycles. The molecule has 1 aliphatic heterocycles. The summed E-state index contributed by atoms with van der Waals surface area (Å²) in [6.45, 7) is 6.42. The highest BCUT2D eigenvalue weighted by atomic mass is 16.5. The van der Waals surface area contributed by atoms with Crippen LogP contribution < -0.4 is 0 Å². The summed E-state index contributed by atoms with van der Waals surface area (Å²) in [5, 5.41) is 14.8. The molecule has 4 nitrogen and oxygen atoms in total. The van der Waals surface area contributed by atoms with E-state index in [4.69, 9.17) is 4.74 Å². The van der Waals surface area contributed by atoms with Gasteiger partial charge < -0.3 is 9.84 Å². The first-order chi connectivity index (χ1) is 9.13. The molecule has 1 N–H and O–H groups in total. The van der Waals surface area contributed by atoms with Gasteiger partial charge in [0, 0.05) is 12.6 Å². The van der Waals surface area contributed by atoms with Crippen LogP contribution in [-0.4, -0.2) is 33.2 Å². The second-order valence-electron chi connectivity index (χ2n) is 5.59. The summed E-state index contributed by atoms with van der Waals surface area (Å²) in [4.78, 5) is 0. The SMILES string of the molecule is CCC(CC)n1ccc(CC(O)C2CCC(C)O2)n1. The second kappa shape index (κ2) is 6.53. The van der Waals surface area contributed by atoms with Gasteiger partial charge in [-0.1, -0.05) is 13.8 Å². The number of rotatable bonds is 6. The summed E-state index contributed by atoms with van der Waals surface area (Å²) in [5.41, 5.74) is 0.961. The van der Waals surface area contributed by atoms with Gasteiger partial charge in [-0.15, -0.1) is 0 Å². The number of hydrogen-bond acceptors (Lipinski definition) is 3. The van der Waals surface area contributed by atoms with E-state index in [9.17, 15) is 5.11 Å². The van der Waals surface area contributed by atoms with Crippen LogP contribution >= 0.6 is 0 Å². The molecule has 0 radical (unpaired) electrons. The Morgan fingerprint density at radius 1 is 1.42 bits per heavy atom. The molecule has 2 rings (SSSR count). The topological polar surface area (TPSA) is 47.3 Å². The minimum atomic E-state index is -0.435. The van der Waals surface area contributed by atoms with Gasteiger partial charge in [-0.2, -0.15) is 5.10 Å². The summed E-state index contributed by atoms with van der Waals surface area (Å²) < 4.78 is 7.74. The van der Waals surface area contributed by atoms with Crippen molar-refractivity contribution in [3.8, 4) is 0 Å². The van der Waals surface area contributed by atoms with E-state index in [0.717, 1.165) is 31.4 Å². The fraction of sp³-hybridized carbons (Fsp3) is 0.800. The van der Waals surface area contributed by atoms with Crippen LogP contribution in [0.1, 0.15) is 58.2 Å². The zero-order chi connectivity index (χ0) is 13.8. The van der Waals surface area contributed by atoms with Crippen LogP contribution in [0.4, 0.5) is 0 Å². The van der Waals surface area contributed by atoms with E-state index in [-0.39, 0.29) is 12.2 Å². The van der Waals surface area contributed by atoms with Crippen LogP contribution in [0, 0.1) is 0 Å². The van der Waals surface area contributed by atoms with Crippen molar-refractivity contribution in [2.75, 3.05) is 0 Å². The van der Waals surface area contributed by atoms with Crippen molar-refractivity contribution in [3.05, 3.63) is 18.0 Å².